The molecule has 0 spiro atoms. The van der Waals surface area contributed by atoms with E-state index in [1.807, 2.05) is 13.0 Å². The first-order valence-electron chi connectivity index (χ1n) is 5.55. The van der Waals surface area contributed by atoms with Crippen LogP contribution in [0.25, 0.3) is 0 Å². The molecular formula is C13H15NO2. The number of hydrogen-bond donors (Lipinski definition) is 0. The average molecular weight is 217 g/mol. The topological polar surface area (TPSA) is 42.2 Å². The Labute approximate surface area is 95.6 Å². The van der Waals surface area contributed by atoms with E-state index >= 15 is 0 Å². The fourth-order valence-corrected chi connectivity index (χ4v) is 1.78. The molecular weight excluding hydrogens is 202 g/mol. The van der Waals surface area contributed by atoms with E-state index in [0.717, 1.165) is 30.8 Å². The third-order valence-corrected chi connectivity index (χ3v) is 2.73. The molecule has 1 atom stereocenters. The summed E-state index contributed by atoms with van der Waals surface area (Å²) in [6.45, 7) is 3.47. The van der Waals surface area contributed by atoms with Crippen molar-refractivity contribution in [1.29, 1.82) is 5.26 Å². The van der Waals surface area contributed by atoms with Gasteiger partial charge in [-0.1, -0.05) is 6.07 Å². The molecule has 3 heteroatoms. The third-order valence-electron chi connectivity index (χ3n) is 2.73. The molecule has 1 saturated heterocycles. The van der Waals surface area contributed by atoms with E-state index in [4.69, 9.17) is 14.7 Å². The molecule has 1 heterocycles. The minimum Gasteiger partial charge on any atom is -0.488 e. The molecule has 1 aliphatic heterocycles. The van der Waals surface area contributed by atoms with Crippen molar-refractivity contribution < 1.29 is 9.47 Å². The Bertz CT molecular complexity index is 403. The van der Waals surface area contributed by atoms with Crippen molar-refractivity contribution in [2.24, 2.45) is 0 Å². The van der Waals surface area contributed by atoms with Gasteiger partial charge in [0.1, 0.15) is 11.9 Å². The lowest BCUT2D eigenvalue weighted by Gasteiger charge is -2.24. The molecule has 1 aliphatic rings. The molecule has 0 saturated carbocycles. The summed E-state index contributed by atoms with van der Waals surface area (Å²) in [6.07, 6.45) is 2.19. The highest BCUT2D eigenvalue weighted by molar-refractivity contribution is 5.41. The average Bonchev–Trinajstić information content (AvgIpc) is 2.33. The van der Waals surface area contributed by atoms with Crippen LogP contribution in [0.2, 0.25) is 0 Å². The number of benzene rings is 1. The second-order valence-electron chi connectivity index (χ2n) is 4.05. The van der Waals surface area contributed by atoms with Crippen LogP contribution in [0.1, 0.15) is 24.0 Å². The van der Waals surface area contributed by atoms with Crippen LogP contribution in [0.3, 0.4) is 0 Å². The molecule has 1 unspecified atom stereocenters. The quantitative estimate of drug-likeness (QED) is 0.764. The Hall–Kier alpha value is -1.53. The monoisotopic (exact) mass is 217 g/mol. The third kappa shape index (κ3) is 2.53. The number of ether oxygens (including phenoxy) is 2. The highest BCUT2D eigenvalue weighted by Gasteiger charge is 2.16. The maximum Gasteiger partial charge on any atom is 0.124 e. The van der Waals surface area contributed by atoms with E-state index in [0.29, 0.717) is 12.2 Å². The minimum atomic E-state index is 0.126. The lowest BCUT2D eigenvalue weighted by molar-refractivity contribution is 0.00715. The highest BCUT2D eigenvalue weighted by Crippen LogP contribution is 2.22. The smallest absolute Gasteiger partial charge is 0.124 e. The van der Waals surface area contributed by atoms with E-state index in [9.17, 15) is 0 Å². The zero-order valence-corrected chi connectivity index (χ0v) is 9.40. The van der Waals surface area contributed by atoms with E-state index in [1.165, 1.54) is 0 Å². The van der Waals surface area contributed by atoms with Crippen molar-refractivity contribution in [3.63, 3.8) is 0 Å². The van der Waals surface area contributed by atoms with Crippen LogP contribution in [-0.2, 0) is 4.74 Å². The van der Waals surface area contributed by atoms with E-state index < -0.39 is 0 Å². The molecule has 1 fully saturated rings. The summed E-state index contributed by atoms with van der Waals surface area (Å²) in [5, 5.41) is 8.83. The Morgan fingerprint density at radius 2 is 2.38 bits per heavy atom. The van der Waals surface area contributed by atoms with Crippen LogP contribution in [-0.4, -0.2) is 19.3 Å². The normalized spacial score (nSPS) is 20.1. The van der Waals surface area contributed by atoms with Crippen molar-refractivity contribution in [3.05, 3.63) is 29.3 Å². The lowest BCUT2D eigenvalue weighted by Crippen LogP contribution is -2.28. The van der Waals surface area contributed by atoms with E-state index in [1.54, 1.807) is 12.1 Å². The van der Waals surface area contributed by atoms with Gasteiger partial charge in [-0.25, -0.2) is 0 Å². The molecule has 16 heavy (non-hydrogen) atoms. The molecule has 0 N–H and O–H groups in total. The summed E-state index contributed by atoms with van der Waals surface area (Å²) < 4.78 is 11.2. The summed E-state index contributed by atoms with van der Waals surface area (Å²) in [7, 11) is 0. The van der Waals surface area contributed by atoms with Gasteiger partial charge >= 0.3 is 0 Å². The second-order valence-corrected chi connectivity index (χ2v) is 4.05. The summed E-state index contributed by atoms with van der Waals surface area (Å²) in [4.78, 5) is 0. The van der Waals surface area contributed by atoms with Gasteiger partial charge in [0.2, 0.25) is 0 Å². The molecule has 0 aromatic heterocycles. The standard InChI is InChI=1S/C13H15NO2/c1-10-4-5-11(8-14)7-13(10)16-12-3-2-6-15-9-12/h4-5,7,12H,2-3,6,9H2,1H3. The molecule has 3 nitrogen and oxygen atoms in total. The Morgan fingerprint density at radius 1 is 1.50 bits per heavy atom. The number of nitrogens with zero attached hydrogens (tertiary/aromatic N) is 1. The lowest BCUT2D eigenvalue weighted by atomic mass is 10.1. The summed E-state index contributed by atoms with van der Waals surface area (Å²) in [5.74, 6) is 0.801. The van der Waals surface area contributed by atoms with Crippen LogP contribution < -0.4 is 4.74 Å². The Kier molecular flexibility index (Phi) is 3.43. The number of aryl methyl sites for hydroxylation is 1. The maximum absolute atomic E-state index is 8.83. The number of rotatable bonds is 2. The van der Waals surface area contributed by atoms with Gasteiger partial charge in [-0.05, 0) is 37.5 Å². The van der Waals surface area contributed by atoms with Crippen molar-refractivity contribution in [1.82, 2.24) is 0 Å². The van der Waals surface area contributed by atoms with Crippen LogP contribution in [0.15, 0.2) is 18.2 Å². The van der Waals surface area contributed by atoms with Gasteiger partial charge in [0, 0.05) is 6.61 Å². The van der Waals surface area contributed by atoms with Crippen LogP contribution >= 0.6 is 0 Å². The van der Waals surface area contributed by atoms with Gasteiger partial charge in [0.15, 0.2) is 0 Å². The molecule has 2 rings (SSSR count). The molecule has 0 amide bonds. The predicted molar refractivity (Wildman–Crippen MR) is 60.4 cm³/mol. The fraction of sp³-hybridized carbons (Fsp3) is 0.462. The Balaban J connectivity index is 2.10. The van der Waals surface area contributed by atoms with Gasteiger partial charge in [0.25, 0.3) is 0 Å². The largest absolute Gasteiger partial charge is 0.488 e. The van der Waals surface area contributed by atoms with Crippen molar-refractivity contribution in [2.45, 2.75) is 25.9 Å². The van der Waals surface area contributed by atoms with E-state index in [-0.39, 0.29) is 6.10 Å². The molecule has 1 aromatic carbocycles. The van der Waals surface area contributed by atoms with Gasteiger partial charge < -0.3 is 9.47 Å². The first-order chi connectivity index (χ1) is 7.79. The Morgan fingerprint density at radius 3 is 3.06 bits per heavy atom. The summed E-state index contributed by atoms with van der Waals surface area (Å²) >= 11 is 0. The van der Waals surface area contributed by atoms with Crippen molar-refractivity contribution >= 4 is 0 Å². The second kappa shape index (κ2) is 5.00. The number of hydrogen-bond acceptors (Lipinski definition) is 3. The fourth-order valence-electron chi connectivity index (χ4n) is 1.78. The molecule has 1 aromatic rings. The molecule has 0 bridgehead atoms. The zero-order chi connectivity index (χ0) is 11.4. The van der Waals surface area contributed by atoms with Gasteiger partial charge in [0.05, 0.1) is 18.2 Å². The van der Waals surface area contributed by atoms with Crippen molar-refractivity contribution in [2.75, 3.05) is 13.2 Å². The van der Waals surface area contributed by atoms with Crippen LogP contribution in [0, 0.1) is 18.3 Å². The SMILES string of the molecule is Cc1ccc(C#N)cc1OC1CCCOC1. The first-order valence-corrected chi connectivity index (χ1v) is 5.55. The zero-order valence-electron chi connectivity index (χ0n) is 9.40. The van der Waals surface area contributed by atoms with Crippen LogP contribution in [0.4, 0.5) is 0 Å². The molecule has 84 valence electrons. The van der Waals surface area contributed by atoms with Gasteiger partial charge in [-0.15, -0.1) is 0 Å². The van der Waals surface area contributed by atoms with Gasteiger partial charge in [-0.2, -0.15) is 5.26 Å². The summed E-state index contributed by atoms with van der Waals surface area (Å²) in [5.41, 5.74) is 1.70. The summed E-state index contributed by atoms with van der Waals surface area (Å²) in [6, 6.07) is 7.64. The molecule has 0 radical (unpaired) electrons. The predicted octanol–water partition coefficient (Wildman–Crippen LogP) is 2.42. The number of nitriles is 1. The highest BCUT2D eigenvalue weighted by atomic mass is 16.5. The van der Waals surface area contributed by atoms with Crippen LogP contribution in [0.5, 0.6) is 5.75 Å². The van der Waals surface area contributed by atoms with Crippen molar-refractivity contribution in [3.8, 4) is 11.8 Å². The first kappa shape index (κ1) is 11.0. The van der Waals surface area contributed by atoms with Gasteiger partial charge in [-0.3, -0.25) is 0 Å². The maximum atomic E-state index is 8.83. The minimum absolute atomic E-state index is 0.126. The van der Waals surface area contributed by atoms with E-state index in [2.05, 4.69) is 6.07 Å². The molecule has 0 aliphatic carbocycles.